The van der Waals surface area contributed by atoms with Crippen molar-refractivity contribution in [3.05, 3.63) is 51.1 Å². The number of hydrogen-bond donors (Lipinski definition) is 6. The molecule has 188 valence electrons. The quantitative estimate of drug-likeness (QED) is 0.231. The Balaban J connectivity index is 1.67. The first kappa shape index (κ1) is 24.7. The van der Waals surface area contributed by atoms with Crippen LogP contribution in [0.15, 0.2) is 33.5 Å². The highest BCUT2D eigenvalue weighted by molar-refractivity contribution is 6.32. The van der Waals surface area contributed by atoms with Gasteiger partial charge in [-0.2, -0.15) is 4.39 Å². The number of benzene rings is 1. The molecule has 5 atom stereocenters. The van der Waals surface area contributed by atoms with Crippen molar-refractivity contribution in [2.75, 3.05) is 6.61 Å². The van der Waals surface area contributed by atoms with Crippen LogP contribution in [0.4, 0.5) is 4.39 Å². The van der Waals surface area contributed by atoms with Gasteiger partial charge in [0.1, 0.15) is 30.0 Å². The van der Waals surface area contributed by atoms with E-state index in [9.17, 15) is 40.2 Å². The average molecular weight is 518 g/mol. The predicted octanol–water partition coefficient (Wildman–Crippen LogP) is -0.754. The van der Waals surface area contributed by atoms with Gasteiger partial charge >= 0.3 is 11.6 Å². The Morgan fingerprint density at radius 3 is 2.40 bits per heavy atom. The van der Waals surface area contributed by atoms with Crippen molar-refractivity contribution in [2.45, 2.75) is 30.7 Å². The topological polar surface area (TPSA) is 201 Å². The minimum atomic E-state index is -1.87. The van der Waals surface area contributed by atoms with E-state index in [-0.39, 0.29) is 5.39 Å². The molecule has 1 aromatic carbocycles. The molecule has 2 aromatic heterocycles. The predicted molar refractivity (Wildman–Crippen MR) is 111 cm³/mol. The highest BCUT2D eigenvalue weighted by Crippen LogP contribution is 2.36. The Morgan fingerprint density at radius 2 is 1.77 bits per heavy atom. The first-order valence-electron chi connectivity index (χ1n) is 9.78. The molecule has 3 heterocycles. The van der Waals surface area contributed by atoms with Gasteiger partial charge in [0, 0.05) is 17.5 Å². The van der Waals surface area contributed by atoms with Gasteiger partial charge in [0.25, 0.3) is 0 Å². The number of aliphatic hydroxyl groups excluding tert-OH is 4. The van der Waals surface area contributed by atoms with Crippen molar-refractivity contribution < 1.29 is 58.6 Å². The fraction of sp³-hybridized carbons (Fsp3) is 0.300. The van der Waals surface area contributed by atoms with Crippen LogP contribution in [0.2, 0.25) is 5.02 Å². The molecule has 0 spiro atoms. The zero-order valence-electron chi connectivity index (χ0n) is 17.2. The van der Waals surface area contributed by atoms with E-state index in [0.29, 0.717) is 4.73 Å². The smallest absolute Gasteiger partial charge is 0.371 e. The van der Waals surface area contributed by atoms with Gasteiger partial charge in [-0.3, -0.25) is 0 Å². The summed E-state index contributed by atoms with van der Waals surface area (Å²) in [4.78, 5) is 29.4. The number of aromatic nitrogens is 1. The van der Waals surface area contributed by atoms with E-state index in [1.54, 1.807) is 0 Å². The van der Waals surface area contributed by atoms with Crippen molar-refractivity contribution in [1.82, 2.24) is 4.73 Å². The molecule has 0 saturated carbocycles. The van der Waals surface area contributed by atoms with Crippen LogP contribution in [-0.2, 0) is 4.74 Å². The van der Waals surface area contributed by atoms with Crippen molar-refractivity contribution in [3.63, 3.8) is 0 Å². The van der Waals surface area contributed by atoms with Crippen molar-refractivity contribution in [1.29, 1.82) is 0 Å². The lowest BCUT2D eigenvalue weighted by molar-refractivity contribution is -0.277. The standard InChI is InChI=1S/C20H17ClFNO12/c21-8-4-6-3-7(19(31)35-23-10(25)1-2-11(23)26)18(30)33-16(6)12(22)17(8)34-20-15(29)14(28)13(27)9(5-24)32-20/h1-4,9,13-15,20,24-29H,5H2/t9?,13-,14+,15?,20-/m0/s1. The van der Waals surface area contributed by atoms with E-state index in [1.165, 1.54) is 0 Å². The molecule has 1 aliphatic heterocycles. The van der Waals surface area contributed by atoms with Crippen LogP contribution in [0.25, 0.3) is 11.0 Å². The third kappa shape index (κ3) is 4.38. The van der Waals surface area contributed by atoms with Gasteiger partial charge in [0.2, 0.25) is 23.9 Å². The molecule has 1 saturated heterocycles. The summed E-state index contributed by atoms with van der Waals surface area (Å²) >= 11 is 6.07. The first-order valence-corrected chi connectivity index (χ1v) is 10.2. The fourth-order valence-corrected chi connectivity index (χ4v) is 3.58. The van der Waals surface area contributed by atoms with Crippen LogP contribution in [-0.4, -0.2) is 78.7 Å². The molecular formula is C20H17ClFNO12. The number of halogens is 2. The number of carbonyl (C=O) groups excluding carboxylic acids is 1. The number of hydrogen-bond acceptors (Lipinski definition) is 12. The van der Waals surface area contributed by atoms with Gasteiger partial charge in [0.05, 0.1) is 11.6 Å². The number of nitrogens with zero attached hydrogens (tertiary/aromatic N) is 1. The number of aliphatic hydroxyl groups is 4. The van der Waals surface area contributed by atoms with Gasteiger partial charge < -0.3 is 49.4 Å². The summed E-state index contributed by atoms with van der Waals surface area (Å²) in [5.41, 5.74) is -2.79. The second-order valence-electron chi connectivity index (χ2n) is 7.41. The molecule has 4 rings (SSSR count). The SMILES string of the molecule is O=C(On1c(O)ccc1O)c1cc2cc(Cl)c(O[C@@H]3OC(CO)[C@H](O)[C@@H](O)C3O)c(F)c2oc1=O. The average Bonchev–Trinajstić information content (AvgIpc) is 3.13. The highest BCUT2D eigenvalue weighted by Gasteiger charge is 2.45. The first-order chi connectivity index (χ1) is 16.5. The summed E-state index contributed by atoms with van der Waals surface area (Å²) in [6, 6.07) is 3.95. The maximum atomic E-state index is 15.2. The summed E-state index contributed by atoms with van der Waals surface area (Å²) in [5.74, 6) is -4.75. The normalized spacial score (nSPS) is 24.5. The van der Waals surface area contributed by atoms with Gasteiger partial charge in [0.15, 0.2) is 11.3 Å². The molecule has 1 fully saturated rings. The van der Waals surface area contributed by atoms with Gasteiger partial charge in [-0.1, -0.05) is 11.6 Å². The van der Waals surface area contributed by atoms with Crippen molar-refractivity contribution in [3.8, 4) is 17.5 Å². The van der Waals surface area contributed by atoms with Crippen LogP contribution in [0.3, 0.4) is 0 Å². The number of rotatable bonds is 5. The summed E-state index contributed by atoms with van der Waals surface area (Å²) in [5, 5.41) is 57.6. The molecule has 2 unspecified atom stereocenters. The summed E-state index contributed by atoms with van der Waals surface area (Å²) < 4.78 is 30.7. The lowest BCUT2D eigenvalue weighted by Crippen LogP contribution is -2.60. The van der Waals surface area contributed by atoms with Crippen LogP contribution >= 0.6 is 11.6 Å². The van der Waals surface area contributed by atoms with E-state index in [1.807, 2.05) is 0 Å². The molecule has 35 heavy (non-hydrogen) atoms. The summed E-state index contributed by atoms with van der Waals surface area (Å²) in [6.45, 7) is -0.759. The molecule has 6 N–H and O–H groups in total. The monoisotopic (exact) mass is 517 g/mol. The zero-order valence-corrected chi connectivity index (χ0v) is 18.0. The molecule has 15 heteroatoms. The number of fused-ring (bicyclic) bond motifs is 1. The van der Waals surface area contributed by atoms with E-state index < -0.39 is 88.4 Å². The van der Waals surface area contributed by atoms with Gasteiger partial charge in [-0.25, -0.2) is 9.59 Å². The number of ether oxygens (including phenoxy) is 2. The molecule has 1 aliphatic rings. The molecule has 0 bridgehead atoms. The van der Waals surface area contributed by atoms with Gasteiger partial charge in [-0.05, 0) is 12.1 Å². The lowest BCUT2D eigenvalue weighted by Gasteiger charge is -2.39. The van der Waals surface area contributed by atoms with Crippen LogP contribution < -0.4 is 15.2 Å². The van der Waals surface area contributed by atoms with E-state index in [0.717, 1.165) is 24.3 Å². The second-order valence-corrected chi connectivity index (χ2v) is 7.81. The fourth-order valence-electron chi connectivity index (χ4n) is 3.33. The Bertz CT molecular complexity index is 1320. The Morgan fingerprint density at radius 1 is 1.11 bits per heavy atom. The molecule has 0 radical (unpaired) electrons. The Labute approximate surface area is 198 Å². The van der Waals surface area contributed by atoms with E-state index >= 15 is 4.39 Å². The third-order valence-corrected chi connectivity index (χ3v) is 5.43. The molecule has 13 nitrogen and oxygen atoms in total. The molecule has 3 aromatic rings. The minimum Gasteiger partial charge on any atom is -0.492 e. The lowest BCUT2D eigenvalue weighted by atomic mass is 9.99. The van der Waals surface area contributed by atoms with Crippen LogP contribution in [0.5, 0.6) is 17.5 Å². The maximum Gasteiger partial charge on any atom is 0.371 e. The highest BCUT2D eigenvalue weighted by atomic mass is 35.5. The Kier molecular flexibility index (Phi) is 6.59. The van der Waals surface area contributed by atoms with Crippen LogP contribution in [0, 0.1) is 5.82 Å². The number of aromatic hydroxyl groups is 2. The summed E-state index contributed by atoms with van der Waals surface area (Å²) in [6.07, 6.45) is -8.48. The molecule has 0 aliphatic carbocycles. The molecular weight excluding hydrogens is 501 g/mol. The van der Waals surface area contributed by atoms with Crippen LogP contribution in [0.1, 0.15) is 10.4 Å². The largest absolute Gasteiger partial charge is 0.492 e. The second kappa shape index (κ2) is 9.33. The van der Waals surface area contributed by atoms with E-state index in [2.05, 4.69) is 0 Å². The maximum absolute atomic E-state index is 15.2. The van der Waals surface area contributed by atoms with Gasteiger partial charge in [-0.15, -0.1) is 4.73 Å². The number of carbonyl (C=O) groups is 1. The summed E-state index contributed by atoms with van der Waals surface area (Å²) in [7, 11) is 0. The van der Waals surface area contributed by atoms with Crippen molar-refractivity contribution in [2.24, 2.45) is 0 Å². The zero-order chi connectivity index (χ0) is 25.6. The van der Waals surface area contributed by atoms with E-state index in [4.69, 9.17) is 30.3 Å². The minimum absolute atomic E-state index is 0.193. The van der Waals surface area contributed by atoms with Crippen molar-refractivity contribution >= 4 is 28.5 Å². The third-order valence-electron chi connectivity index (χ3n) is 5.15. The molecule has 0 amide bonds. The Hall–Kier alpha value is -3.40.